The van der Waals surface area contributed by atoms with Crippen LogP contribution < -0.4 is 4.74 Å². The molecular formula is C25H21FN4O2. The minimum atomic E-state index is -0.371. The van der Waals surface area contributed by atoms with E-state index in [2.05, 4.69) is 19.9 Å². The molecule has 0 aliphatic heterocycles. The molecule has 1 aliphatic rings. The van der Waals surface area contributed by atoms with Gasteiger partial charge in [0.25, 0.3) is 0 Å². The summed E-state index contributed by atoms with van der Waals surface area (Å²) >= 11 is 0. The number of hydrogen-bond donors (Lipinski definition) is 0. The molecule has 0 saturated heterocycles. The molecule has 5 rings (SSSR count). The van der Waals surface area contributed by atoms with E-state index in [1.165, 1.54) is 43.5 Å². The molecule has 160 valence electrons. The number of pyridine rings is 2. The van der Waals surface area contributed by atoms with Gasteiger partial charge < -0.3 is 4.74 Å². The summed E-state index contributed by atoms with van der Waals surface area (Å²) in [7, 11) is 0. The Morgan fingerprint density at radius 2 is 1.88 bits per heavy atom. The average molecular weight is 428 g/mol. The average Bonchev–Trinajstić information content (AvgIpc) is 2.78. The third kappa shape index (κ3) is 4.46. The lowest BCUT2D eigenvalue weighted by Gasteiger charge is -2.24. The summed E-state index contributed by atoms with van der Waals surface area (Å²) < 4.78 is 18.9. The minimum Gasteiger partial charge on any atom is -0.476 e. The minimum absolute atomic E-state index is 0.121. The standard InChI is InChI=1S/C25H21FN4O2/c26-20-6-4-17(5-7-20)24(31)10-21-9-18-8-19(11-29-22(18)13-28-21)23-12-27-14-25(30-23)32-15-16-2-1-3-16/h4-9,11-14,16H,1-3,10,15H2. The second kappa shape index (κ2) is 8.78. The van der Waals surface area contributed by atoms with Crippen LogP contribution in [0.5, 0.6) is 5.88 Å². The Hall–Kier alpha value is -3.74. The van der Waals surface area contributed by atoms with E-state index in [1.807, 2.05) is 12.1 Å². The van der Waals surface area contributed by atoms with Crippen LogP contribution >= 0.6 is 0 Å². The quantitative estimate of drug-likeness (QED) is 0.392. The van der Waals surface area contributed by atoms with Crippen molar-refractivity contribution >= 4 is 16.7 Å². The van der Waals surface area contributed by atoms with Gasteiger partial charge in [0.1, 0.15) is 5.82 Å². The van der Waals surface area contributed by atoms with Crippen molar-refractivity contribution in [2.45, 2.75) is 25.7 Å². The van der Waals surface area contributed by atoms with Crippen molar-refractivity contribution in [1.82, 2.24) is 19.9 Å². The second-order valence-corrected chi connectivity index (χ2v) is 8.05. The third-order valence-electron chi connectivity index (χ3n) is 5.73. The van der Waals surface area contributed by atoms with Crippen LogP contribution in [0.4, 0.5) is 4.39 Å². The molecular weight excluding hydrogens is 407 g/mol. The summed E-state index contributed by atoms with van der Waals surface area (Å²) in [5.74, 6) is 0.633. The van der Waals surface area contributed by atoms with Crippen molar-refractivity contribution in [2.75, 3.05) is 6.61 Å². The van der Waals surface area contributed by atoms with Crippen LogP contribution in [0.3, 0.4) is 0 Å². The summed E-state index contributed by atoms with van der Waals surface area (Å²) in [6.45, 7) is 0.672. The highest BCUT2D eigenvalue weighted by Gasteiger charge is 2.18. The summed E-state index contributed by atoms with van der Waals surface area (Å²) in [5, 5.41) is 0.849. The molecule has 1 saturated carbocycles. The third-order valence-corrected chi connectivity index (χ3v) is 5.73. The first-order chi connectivity index (χ1) is 15.6. The van der Waals surface area contributed by atoms with E-state index in [4.69, 9.17) is 4.74 Å². The number of hydrogen-bond acceptors (Lipinski definition) is 6. The van der Waals surface area contributed by atoms with Crippen LogP contribution in [0.25, 0.3) is 22.2 Å². The smallest absolute Gasteiger partial charge is 0.232 e. The lowest BCUT2D eigenvalue weighted by atomic mass is 9.86. The Morgan fingerprint density at radius 3 is 2.66 bits per heavy atom. The van der Waals surface area contributed by atoms with Crippen molar-refractivity contribution in [1.29, 1.82) is 0 Å². The number of benzene rings is 1. The van der Waals surface area contributed by atoms with Crippen molar-refractivity contribution in [3.05, 3.63) is 78.3 Å². The molecule has 3 aromatic heterocycles. The van der Waals surface area contributed by atoms with Crippen molar-refractivity contribution in [3.8, 4) is 17.1 Å². The van der Waals surface area contributed by atoms with E-state index in [1.54, 1.807) is 24.8 Å². The van der Waals surface area contributed by atoms with E-state index >= 15 is 0 Å². The Labute approximate surface area is 184 Å². The zero-order valence-electron chi connectivity index (χ0n) is 17.4. The first kappa shape index (κ1) is 20.2. The highest BCUT2D eigenvalue weighted by atomic mass is 19.1. The van der Waals surface area contributed by atoms with Crippen LogP contribution in [0, 0.1) is 11.7 Å². The van der Waals surface area contributed by atoms with Gasteiger partial charge in [-0.25, -0.2) is 9.37 Å². The Morgan fingerprint density at radius 1 is 1.03 bits per heavy atom. The lowest BCUT2D eigenvalue weighted by Crippen LogP contribution is -2.19. The molecule has 0 unspecified atom stereocenters. The predicted molar refractivity (Wildman–Crippen MR) is 118 cm³/mol. The van der Waals surface area contributed by atoms with E-state index < -0.39 is 0 Å². The summed E-state index contributed by atoms with van der Waals surface area (Å²) in [4.78, 5) is 30.2. The number of ether oxygens (including phenoxy) is 1. The fourth-order valence-corrected chi connectivity index (χ4v) is 3.64. The van der Waals surface area contributed by atoms with Gasteiger partial charge in [0.2, 0.25) is 5.88 Å². The number of carbonyl (C=O) groups is 1. The molecule has 0 N–H and O–H groups in total. The molecule has 3 heterocycles. The summed E-state index contributed by atoms with van der Waals surface area (Å²) in [6.07, 6.45) is 10.5. The van der Waals surface area contributed by atoms with Crippen LogP contribution in [-0.2, 0) is 6.42 Å². The molecule has 0 bridgehead atoms. The summed E-state index contributed by atoms with van der Waals surface area (Å²) in [6, 6.07) is 9.33. The fourth-order valence-electron chi connectivity index (χ4n) is 3.64. The Bertz CT molecular complexity index is 1270. The Balaban J connectivity index is 1.36. The number of carbonyl (C=O) groups excluding carboxylic acids is 1. The molecule has 32 heavy (non-hydrogen) atoms. The maximum absolute atomic E-state index is 13.1. The number of Topliss-reactive ketones (excluding diaryl/α,β-unsaturated/α-hetero) is 1. The molecule has 0 spiro atoms. The van der Waals surface area contributed by atoms with Gasteiger partial charge in [0.15, 0.2) is 5.78 Å². The molecule has 1 aliphatic carbocycles. The van der Waals surface area contributed by atoms with E-state index in [0.29, 0.717) is 35.4 Å². The van der Waals surface area contributed by atoms with Gasteiger partial charge in [0.05, 0.1) is 42.8 Å². The number of fused-ring (bicyclic) bond motifs is 1. The monoisotopic (exact) mass is 428 g/mol. The van der Waals surface area contributed by atoms with Gasteiger partial charge in [0, 0.05) is 28.4 Å². The zero-order valence-corrected chi connectivity index (χ0v) is 17.4. The highest BCUT2D eigenvalue weighted by molar-refractivity contribution is 5.97. The van der Waals surface area contributed by atoms with Gasteiger partial charge in [-0.1, -0.05) is 6.42 Å². The molecule has 6 nitrogen and oxygen atoms in total. The normalized spacial score (nSPS) is 13.7. The first-order valence-corrected chi connectivity index (χ1v) is 10.6. The van der Waals surface area contributed by atoms with Gasteiger partial charge >= 0.3 is 0 Å². The number of halogens is 1. The van der Waals surface area contributed by atoms with Crippen LogP contribution in [0.1, 0.15) is 35.3 Å². The van der Waals surface area contributed by atoms with Crippen LogP contribution in [0.2, 0.25) is 0 Å². The SMILES string of the molecule is O=C(Cc1cc2cc(-c3cncc(OCC4CCC4)n3)cnc2cn1)c1ccc(F)cc1. The zero-order chi connectivity index (χ0) is 21.9. The molecule has 0 atom stereocenters. The maximum atomic E-state index is 13.1. The first-order valence-electron chi connectivity index (χ1n) is 10.6. The molecule has 0 amide bonds. The van der Waals surface area contributed by atoms with E-state index in [-0.39, 0.29) is 18.0 Å². The Kier molecular flexibility index (Phi) is 5.54. The maximum Gasteiger partial charge on any atom is 0.232 e. The van der Waals surface area contributed by atoms with Crippen LogP contribution in [0.15, 0.2) is 61.2 Å². The van der Waals surface area contributed by atoms with Gasteiger partial charge in [-0.3, -0.25) is 19.7 Å². The summed E-state index contributed by atoms with van der Waals surface area (Å²) in [5.41, 5.74) is 3.27. The topological polar surface area (TPSA) is 77.9 Å². The predicted octanol–water partition coefficient (Wildman–Crippen LogP) is 4.83. The molecule has 7 heteroatoms. The number of nitrogens with zero attached hydrogens (tertiary/aromatic N) is 4. The van der Waals surface area contributed by atoms with Crippen molar-refractivity contribution < 1.29 is 13.9 Å². The molecule has 4 aromatic rings. The van der Waals surface area contributed by atoms with Crippen molar-refractivity contribution in [2.24, 2.45) is 5.92 Å². The highest BCUT2D eigenvalue weighted by Crippen LogP contribution is 2.27. The van der Waals surface area contributed by atoms with E-state index in [9.17, 15) is 9.18 Å². The fraction of sp³-hybridized carbons (Fsp3) is 0.240. The van der Waals surface area contributed by atoms with Gasteiger partial charge in [-0.05, 0) is 55.2 Å². The molecule has 0 radical (unpaired) electrons. The second-order valence-electron chi connectivity index (χ2n) is 8.05. The number of rotatable bonds is 7. The number of ketones is 1. The largest absolute Gasteiger partial charge is 0.476 e. The van der Waals surface area contributed by atoms with Gasteiger partial charge in [-0.2, -0.15) is 0 Å². The lowest BCUT2D eigenvalue weighted by molar-refractivity contribution is 0.0992. The van der Waals surface area contributed by atoms with E-state index in [0.717, 1.165) is 16.5 Å². The van der Waals surface area contributed by atoms with Crippen molar-refractivity contribution in [3.63, 3.8) is 0 Å². The molecule has 1 fully saturated rings. The van der Waals surface area contributed by atoms with Gasteiger partial charge in [-0.15, -0.1) is 0 Å². The number of aromatic nitrogens is 4. The van der Waals surface area contributed by atoms with Crippen LogP contribution in [-0.4, -0.2) is 32.3 Å². The molecule has 1 aromatic carbocycles.